The Bertz CT molecular complexity index is 400. The second-order valence-electron chi connectivity index (χ2n) is 6.66. The summed E-state index contributed by atoms with van der Waals surface area (Å²) in [6, 6.07) is 0. The van der Waals surface area contributed by atoms with Crippen molar-refractivity contribution in [2.45, 2.75) is 58.2 Å². The Morgan fingerprint density at radius 3 is 2.88 bits per heavy atom. The van der Waals surface area contributed by atoms with E-state index in [9.17, 15) is 4.79 Å². The summed E-state index contributed by atoms with van der Waals surface area (Å²) < 4.78 is 5.90. The van der Waals surface area contributed by atoms with Gasteiger partial charge in [0.25, 0.3) is 0 Å². The number of epoxide rings is 1. The molecule has 1 spiro atoms. The Balaban J connectivity index is 1.93. The van der Waals surface area contributed by atoms with Gasteiger partial charge in [0.05, 0.1) is 0 Å². The molecule has 2 heteroatoms. The van der Waals surface area contributed by atoms with Crippen LogP contribution in [0, 0.1) is 17.3 Å². The van der Waals surface area contributed by atoms with Crippen molar-refractivity contribution < 1.29 is 9.53 Å². The van der Waals surface area contributed by atoms with Gasteiger partial charge < -0.3 is 4.74 Å². The van der Waals surface area contributed by atoms with Crippen LogP contribution in [-0.4, -0.2) is 17.5 Å². The molecule has 3 fully saturated rings. The predicted octanol–water partition coefficient (Wildman–Crippen LogP) is 3.12. The molecule has 3 rings (SSSR count). The van der Waals surface area contributed by atoms with Crippen LogP contribution < -0.4 is 0 Å². The fraction of sp³-hybridized carbons (Fsp3) is 0.800. The minimum Gasteiger partial charge on any atom is -0.357 e. The van der Waals surface area contributed by atoms with Crippen molar-refractivity contribution >= 4 is 5.78 Å². The fourth-order valence-electron chi connectivity index (χ4n) is 4.26. The van der Waals surface area contributed by atoms with Crippen LogP contribution in [0.4, 0.5) is 0 Å². The lowest BCUT2D eigenvalue weighted by atomic mass is 9.53. The standard InChI is InChI=1S/C15H22O2/c1-9(2)11-5-6-15-13(17-15)12(16)7-10(3)14(15,4)8-11/h10-11,13H,1,5-8H2,2-4H3/t10-,11-,13?,14+,15?/m0/s1. The third kappa shape index (κ3) is 1.28. The van der Waals surface area contributed by atoms with Crippen molar-refractivity contribution in [2.24, 2.45) is 17.3 Å². The first-order valence-electron chi connectivity index (χ1n) is 6.76. The molecule has 2 nitrogen and oxygen atoms in total. The monoisotopic (exact) mass is 234 g/mol. The first kappa shape index (κ1) is 11.5. The summed E-state index contributed by atoms with van der Waals surface area (Å²) in [6.07, 6.45) is 3.96. The van der Waals surface area contributed by atoms with Gasteiger partial charge in [-0.05, 0) is 38.0 Å². The molecule has 0 radical (unpaired) electrons. The molecule has 2 unspecified atom stereocenters. The molecule has 1 heterocycles. The van der Waals surface area contributed by atoms with Crippen molar-refractivity contribution in [3.8, 4) is 0 Å². The van der Waals surface area contributed by atoms with Crippen molar-refractivity contribution in [1.29, 1.82) is 0 Å². The number of carbonyl (C=O) groups is 1. The van der Waals surface area contributed by atoms with Crippen molar-refractivity contribution in [3.05, 3.63) is 12.2 Å². The SMILES string of the molecule is C=C(C)[C@H]1CCC23OC2C(=O)C[C@H](C)[C@@]3(C)C1. The van der Waals surface area contributed by atoms with Gasteiger partial charge in [0.1, 0.15) is 11.7 Å². The summed E-state index contributed by atoms with van der Waals surface area (Å²) >= 11 is 0. The highest BCUT2D eigenvalue weighted by atomic mass is 16.6. The van der Waals surface area contributed by atoms with Crippen molar-refractivity contribution in [2.75, 3.05) is 0 Å². The summed E-state index contributed by atoms with van der Waals surface area (Å²) in [4.78, 5) is 11.9. The zero-order valence-corrected chi connectivity index (χ0v) is 11.1. The molecule has 2 aliphatic carbocycles. The van der Waals surface area contributed by atoms with E-state index in [0.29, 0.717) is 24.0 Å². The molecule has 3 aliphatic rings. The number of allylic oxidation sites excluding steroid dienone is 1. The maximum Gasteiger partial charge on any atom is 0.164 e. The predicted molar refractivity (Wildman–Crippen MR) is 66.7 cm³/mol. The molecule has 94 valence electrons. The largest absolute Gasteiger partial charge is 0.357 e. The molecule has 2 saturated carbocycles. The minimum absolute atomic E-state index is 0.0743. The molecule has 0 N–H and O–H groups in total. The van der Waals surface area contributed by atoms with Crippen molar-refractivity contribution in [1.82, 2.24) is 0 Å². The maximum atomic E-state index is 11.9. The Hall–Kier alpha value is -0.630. The molecule has 0 amide bonds. The first-order chi connectivity index (χ1) is 7.91. The van der Waals surface area contributed by atoms with E-state index in [0.717, 1.165) is 19.3 Å². The van der Waals surface area contributed by atoms with E-state index in [1.807, 2.05) is 0 Å². The summed E-state index contributed by atoms with van der Waals surface area (Å²) in [6.45, 7) is 10.8. The third-order valence-corrected chi connectivity index (χ3v) is 5.78. The Morgan fingerprint density at radius 2 is 2.24 bits per heavy atom. The van der Waals surface area contributed by atoms with E-state index in [-0.39, 0.29) is 17.1 Å². The smallest absolute Gasteiger partial charge is 0.164 e. The van der Waals surface area contributed by atoms with Gasteiger partial charge in [-0.25, -0.2) is 0 Å². The molecule has 0 bridgehead atoms. The van der Waals surface area contributed by atoms with Gasteiger partial charge >= 0.3 is 0 Å². The quantitative estimate of drug-likeness (QED) is 0.515. The lowest BCUT2D eigenvalue weighted by Crippen LogP contribution is -2.52. The van der Waals surface area contributed by atoms with Gasteiger partial charge in [-0.2, -0.15) is 0 Å². The van der Waals surface area contributed by atoms with Crippen LogP contribution >= 0.6 is 0 Å². The normalized spacial score (nSPS) is 52.6. The van der Waals surface area contributed by atoms with E-state index in [1.54, 1.807) is 0 Å². The van der Waals surface area contributed by atoms with Crippen LogP contribution in [0.15, 0.2) is 12.2 Å². The van der Waals surface area contributed by atoms with Gasteiger partial charge in [0, 0.05) is 11.8 Å². The summed E-state index contributed by atoms with van der Waals surface area (Å²) in [5, 5.41) is 0. The molecule has 5 atom stereocenters. The van der Waals surface area contributed by atoms with E-state index in [1.165, 1.54) is 5.57 Å². The lowest BCUT2D eigenvalue weighted by molar-refractivity contribution is -0.125. The second kappa shape index (κ2) is 3.23. The van der Waals surface area contributed by atoms with Crippen LogP contribution in [0.5, 0.6) is 0 Å². The van der Waals surface area contributed by atoms with Crippen molar-refractivity contribution in [3.63, 3.8) is 0 Å². The Morgan fingerprint density at radius 1 is 1.53 bits per heavy atom. The highest BCUT2D eigenvalue weighted by molar-refractivity contribution is 5.89. The van der Waals surface area contributed by atoms with E-state index in [4.69, 9.17) is 4.74 Å². The fourth-order valence-corrected chi connectivity index (χ4v) is 4.26. The molecular weight excluding hydrogens is 212 g/mol. The Kier molecular flexibility index (Phi) is 2.17. The zero-order valence-electron chi connectivity index (χ0n) is 11.1. The first-order valence-corrected chi connectivity index (χ1v) is 6.76. The van der Waals surface area contributed by atoms with E-state index < -0.39 is 0 Å². The Labute approximate surface area is 103 Å². The number of ketones is 1. The highest BCUT2D eigenvalue weighted by Gasteiger charge is 2.74. The molecule has 0 aromatic rings. The zero-order chi connectivity index (χ0) is 12.4. The number of Topliss-reactive ketones (excluding diaryl/α,β-unsaturated/α-hetero) is 1. The summed E-state index contributed by atoms with van der Waals surface area (Å²) in [5.74, 6) is 1.39. The maximum absolute atomic E-state index is 11.9. The van der Waals surface area contributed by atoms with Crippen LogP contribution in [0.2, 0.25) is 0 Å². The highest BCUT2D eigenvalue weighted by Crippen LogP contribution is 2.66. The molecule has 0 aromatic carbocycles. The molecule has 17 heavy (non-hydrogen) atoms. The second-order valence-corrected chi connectivity index (χ2v) is 6.66. The van der Waals surface area contributed by atoms with Gasteiger partial charge in [-0.3, -0.25) is 4.79 Å². The number of carbonyl (C=O) groups excluding carboxylic acids is 1. The average Bonchev–Trinajstić information content (AvgIpc) is 2.98. The van der Waals surface area contributed by atoms with Crippen LogP contribution in [0.25, 0.3) is 0 Å². The number of hydrogen-bond donors (Lipinski definition) is 0. The van der Waals surface area contributed by atoms with Gasteiger partial charge in [0.2, 0.25) is 0 Å². The van der Waals surface area contributed by atoms with Crippen LogP contribution in [-0.2, 0) is 9.53 Å². The number of ether oxygens (including phenoxy) is 1. The third-order valence-electron chi connectivity index (χ3n) is 5.78. The molecule has 0 aromatic heterocycles. The molecular formula is C15H22O2. The van der Waals surface area contributed by atoms with E-state index >= 15 is 0 Å². The van der Waals surface area contributed by atoms with Gasteiger partial charge in [0.15, 0.2) is 5.78 Å². The number of hydrogen-bond acceptors (Lipinski definition) is 2. The van der Waals surface area contributed by atoms with Crippen LogP contribution in [0.3, 0.4) is 0 Å². The lowest BCUT2D eigenvalue weighted by Gasteiger charge is -2.49. The van der Waals surface area contributed by atoms with Gasteiger partial charge in [-0.1, -0.05) is 26.0 Å². The molecule has 1 saturated heterocycles. The summed E-state index contributed by atoms with van der Waals surface area (Å²) in [7, 11) is 0. The summed E-state index contributed by atoms with van der Waals surface area (Å²) in [5.41, 5.74) is 1.36. The minimum atomic E-state index is -0.103. The number of rotatable bonds is 1. The van der Waals surface area contributed by atoms with Gasteiger partial charge in [-0.15, -0.1) is 0 Å². The average molecular weight is 234 g/mol. The topological polar surface area (TPSA) is 29.6 Å². The molecule has 1 aliphatic heterocycles. The van der Waals surface area contributed by atoms with E-state index in [2.05, 4.69) is 27.4 Å². The van der Waals surface area contributed by atoms with Crippen LogP contribution in [0.1, 0.15) is 46.5 Å².